The van der Waals surface area contributed by atoms with Crippen LogP contribution in [0.4, 0.5) is 11.4 Å². The SMILES string of the molecule is CCOc1ccccc1-c1nc(CC(=O)Nc2ccc(N3CCNC(=O)C3)c(Cl)c2)cs1. The van der Waals surface area contributed by atoms with E-state index < -0.39 is 0 Å². The number of benzene rings is 2. The molecule has 0 atom stereocenters. The van der Waals surface area contributed by atoms with E-state index in [0.29, 0.717) is 36.1 Å². The van der Waals surface area contributed by atoms with E-state index >= 15 is 0 Å². The van der Waals surface area contributed by atoms with E-state index in [0.717, 1.165) is 22.0 Å². The summed E-state index contributed by atoms with van der Waals surface area (Å²) in [5.41, 5.74) is 2.98. The van der Waals surface area contributed by atoms with Crippen LogP contribution in [0.25, 0.3) is 10.6 Å². The van der Waals surface area contributed by atoms with E-state index in [1.54, 1.807) is 12.1 Å². The number of piperazine rings is 1. The molecule has 4 rings (SSSR count). The molecule has 3 aromatic rings. The number of aromatic nitrogens is 1. The average molecular weight is 471 g/mol. The van der Waals surface area contributed by atoms with Gasteiger partial charge in [-0.25, -0.2) is 4.98 Å². The highest BCUT2D eigenvalue weighted by molar-refractivity contribution is 7.13. The second-order valence-corrected chi connectivity index (χ2v) is 8.50. The van der Waals surface area contributed by atoms with E-state index in [1.165, 1.54) is 11.3 Å². The van der Waals surface area contributed by atoms with Gasteiger partial charge in [0.2, 0.25) is 11.8 Å². The number of anilines is 2. The molecule has 166 valence electrons. The summed E-state index contributed by atoms with van der Waals surface area (Å²) in [6.45, 7) is 4.05. The van der Waals surface area contributed by atoms with Crippen LogP contribution in [0.2, 0.25) is 5.02 Å². The van der Waals surface area contributed by atoms with Crippen molar-refractivity contribution in [1.82, 2.24) is 10.3 Å². The number of para-hydroxylation sites is 1. The van der Waals surface area contributed by atoms with Gasteiger partial charge >= 0.3 is 0 Å². The van der Waals surface area contributed by atoms with Crippen molar-refractivity contribution in [3.63, 3.8) is 0 Å². The van der Waals surface area contributed by atoms with Gasteiger partial charge in [0.15, 0.2) is 0 Å². The summed E-state index contributed by atoms with van der Waals surface area (Å²) in [5.74, 6) is 0.568. The highest BCUT2D eigenvalue weighted by atomic mass is 35.5. The van der Waals surface area contributed by atoms with Gasteiger partial charge in [-0.15, -0.1) is 11.3 Å². The predicted molar refractivity (Wildman–Crippen MR) is 128 cm³/mol. The average Bonchev–Trinajstić information content (AvgIpc) is 3.22. The standard InChI is InChI=1S/C23H23ClN4O3S/c1-2-31-20-6-4-3-5-17(20)23-27-16(14-32-23)12-21(29)26-15-7-8-19(18(24)11-15)28-10-9-25-22(30)13-28/h3-8,11,14H,2,9-10,12-13H2,1H3,(H,25,30)(H,26,29). The molecule has 0 bridgehead atoms. The molecule has 0 spiro atoms. The quantitative estimate of drug-likeness (QED) is 0.545. The number of nitrogens with zero attached hydrogens (tertiary/aromatic N) is 2. The van der Waals surface area contributed by atoms with Crippen LogP contribution in [0, 0.1) is 0 Å². The second kappa shape index (κ2) is 10.0. The van der Waals surface area contributed by atoms with Gasteiger partial charge in [-0.2, -0.15) is 0 Å². The van der Waals surface area contributed by atoms with Crippen molar-refractivity contribution in [3.8, 4) is 16.3 Å². The maximum Gasteiger partial charge on any atom is 0.239 e. The highest BCUT2D eigenvalue weighted by Gasteiger charge is 2.19. The van der Waals surface area contributed by atoms with Gasteiger partial charge in [0, 0.05) is 24.2 Å². The molecule has 1 aliphatic heterocycles. The monoisotopic (exact) mass is 470 g/mol. The molecular weight excluding hydrogens is 448 g/mol. The Hall–Kier alpha value is -3.10. The van der Waals surface area contributed by atoms with Gasteiger partial charge < -0.3 is 20.3 Å². The summed E-state index contributed by atoms with van der Waals surface area (Å²) in [7, 11) is 0. The lowest BCUT2D eigenvalue weighted by molar-refractivity contribution is -0.120. The van der Waals surface area contributed by atoms with Crippen molar-refractivity contribution in [2.75, 3.05) is 36.5 Å². The molecule has 9 heteroatoms. The first kappa shape index (κ1) is 22.1. The van der Waals surface area contributed by atoms with Crippen LogP contribution in [0.5, 0.6) is 5.75 Å². The molecule has 0 radical (unpaired) electrons. The topological polar surface area (TPSA) is 83.6 Å². The smallest absolute Gasteiger partial charge is 0.239 e. The molecule has 1 fully saturated rings. The molecular formula is C23H23ClN4O3S. The fourth-order valence-corrected chi connectivity index (χ4v) is 4.64. The van der Waals surface area contributed by atoms with Crippen molar-refractivity contribution < 1.29 is 14.3 Å². The summed E-state index contributed by atoms with van der Waals surface area (Å²) < 4.78 is 5.68. The van der Waals surface area contributed by atoms with Crippen LogP contribution in [0.3, 0.4) is 0 Å². The van der Waals surface area contributed by atoms with Crippen LogP contribution in [-0.2, 0) is 16.0 Å². The Morgan fingerprint density at radius 2 is 2.16 bits per heavy atom. The predicted octanol–water partition coefficient (Wildman–Crippen LogP) is 3.98. The van der Waals surface area contributed by atoms with Gasteiger partial charge in [-0.1, -0.05) is 23.7 Å². The Labute approximate surface area is 195 Å². The summed E-state index contributed by atoms with van der Waals surface area (Å²) in [6, 6.07) is 13.0. The highest BCUT2D eigenvalue weighted by Crippen LogP contribution is 2.32. The first-order valence-electron chi connectivity index (χ1n) is 10.3. The van der Waals surface area contributed by atoms with E-state index in [2.05, 4.69) is 15.6 Å². The largest absolute Gasteiger partial charge is 0.493 e. The molecule has 0 aliphatic carbocycles. The molecule has 1 aliphatic rings. The molecule has 1 aromatic heterocycles. The third-order valence-corrected chi connectivity index (χ3v) is 6.15. The number of ether oxygens (including phenoxy) is 1. The number of thiazole rings is 1. The zero-order valence-electron chi connectivity index (χ0n) is 17.6. The molecule has 7 nitrogen and oxygen atoms in total. The number of amides is 2. The molecule has 1 saturated heterocycles. The van der Waals surface area contributed by atoms with Crippen molar-refractivity contribution in [3.05, 3.63) is 58.6 Å². The fourth-order valence-electron chi connectivity index (χ4n) is 3.49. The number of hydrogen-bond acceptors (Lipinski definition) is 6. The molecule has 2 heterocycles. The van der Waals surface area contributed by atoms with Gasteiger partial charge in [0.05, 0.1) is 41.5 Å². The number of hydrogen-bond donors (Lipinski definition) is 2. The Morgan fingerprint density at radius 3 is 2.94 bits per heavy atom. The van der Waals surface area contributed by atoms with Crippen LogP contribution in [-0.4, -0.2) is 43.0 Å². The number of carbonyl (C=O) groups is 2. The normalized spacial score (nSPS) is 13.6. The Balaban J connectivity index is 1.40. The third kappa shape index (κ3) is 5.20. The summed E-state index contributed by atoms with van der Waals surface area (Å²) in [4.78, 5) is 30.7. The van der Waals surface area contributed by atoms with Gasteiger partial charge in [-0.3, -0.25) is 9.59 Å². The van der Waals surface area contributed by atoms with Gasteiger partial charge in [0.25, 0.3) is 0 Å². The van der Waals surface area contributed by atoms with Gasteiger partial charge in [-0.05, 0) is 37.3 Å². The summed E-state index contributed by atoms with van der Waals surface area (Å²) >= 11 is 7.90. The lowest BCUT2D eigenvalue weighted by Crippen LogP contribution is -2.47. The molecule has 0 unspecified atom stereocenters. The zero-order chi connectivity index (χ0) is 22.5. The first-order valence-corrected chi connectivity index (χ1v) is 11.6. The van der Waals surface area contributed by atoms with E-state index in [1.807, 2.05) is 47.5 Å². The van der Waals surface area contributed by atoms with E-state index in [4.69, 9.17) is 16.3 Å². The Morgan fingerprint density at radius 1 is 1.31 bits per heavy atom. The van der Waals surface area contributed by atoms with E-state index in [9.17, 15) is 9.59 Å². The summed E-state index contributed by atoms with van der Waals surface area (Å²) in [5, 5.41) is 8.85. The Bertz CT molecular complexity index is 1130. The number of halogens is 1. The minimum absolute atomic E-state index is 0.0313. The van der Waals surface area contributed by atoms with Crippen molar-refractivity contribution in [2.45, 2.75) is 13.3 Å². The summed E-state index contributed by atoms with van der Waals surface area (Å²) in [6.07, 6.45) is 0.152. The minimum Gasteiger partial charge on any atom is -0.493 e. The molecule has 2 N–H and O–H groups in total. The first-order chi connectivity index (χ1) is 15.5. The third-order valence-electron chi connectivity index (χ3n) is 4.92. The second-order valence-electron chi connectivity index (χ2n) is 7.24. The molecule has 2 aromatic carbocycles. The molecule has 0 saturated carbocycles. The lowest BCUT2D eigenvalue weighted by Gasteiger charge is -2.29. The number of carbonyl (C=O) groups excluding carboxylic acids is 2. The van der Waals surface area contributed by atoms with Crippen LogP contribution in [0.15, 0.2) is 47.8 Å². The maximum atomic E-state index is 12.6. The van der Waals surface area contributed by atoms with Crippen LogP contribution in [0.1, 0.15) is 12.6 Å². The van der Waals surface area contributed by atoms with Crippen molar-refractivity contribution in [2.24, 2.45) is 0 Å². The molecule has 2 amide bonds. The molecule has 32 heavy (non-hydrogen) atoms. The van der Waals surface area contributed by atoms with Crippen molar-refractivity contribution >= 4 is 46.1 Å². The Kier molecular flexibility index (Phi) is 6.92. The lowest BCUT2D eigenvalue weighted by atomic mass is 10.2. The van der Waals surface area contributed by atoms with Crippen LogP contribution < -0.4 is 20.3 Å². The number of rotatable bonds is 7. The van der Waals surface area contributed by atoms with E-state index in [-0.39, 0.29) is 24.8 Å². The van der Waals surface area contributed by atoms with Crippen molar-refractivity contribution in [1.29, 1.82) is 0 Å². The van der Waals surface area contributed by atoms with Gasteiger partial charge in [0.1, 0.15) is 10.8 Å². The zero-order valence-corrected chi connectivity index (χ0v) is 19.1. The maximum absolute atomic E-state index is 12.6. The fraction of sp³-hybridized carbons (Fsp3) is 0.261. The number of nitrogens with one attached hydrogen (secondary N) is 2. The van der Waals surface area contributed by atoms with Crippen LogP contribution >= 0.6 is 22.9 Å². The minimum atomic E-state index is -0.180.